The second kappa shape index (κ2) is 11.7. The molecule has 3 amide bonds. The van der Waals surface area contributed by atoms with Gasteiger partial charge in [0.2, 0.25) is 5.91 Å². The number of urea groups is 1. The van der Waals surface area contributed by atoms with Gasteiger partial charge in [-0.3, -0.25) is 14.6 Å². The van der Waals surface area contributed by atoms with Crippen LogP contribution >= 0.6 is 0 Å². The molecule has 2 heterocycles. The Balaban J connectivity index is 1.23. The highest BCUT2D eigenvalue weighted by molar-refractivity contribution is 6.01. The number of hydrogen-bond donors (Lipinski definition) is 1. The zero-order chi connectivity index (χ0) is 25.5. The van der Waals surface area contributed by atoms with E-state index < -0.39 is 5.60 Å². The first-order valence-corrected chi connectivity index (χ1v) is 12.3. The van der Waals surface area contributed by atoms with Crippen LogP contribution < -0.4 is 9.47 Å². The third-order valence-corrected chi connectivity index (χ3v) is 6.32. The summed E-state index contributed by atoms with van der Waals surface area (Å²) in [5.41, 5.74) is 1.16. The summed E-state index contributed by atoms with van der Waals surface area (Å²) in [6.45, 7) is 5.70. The highest BCUT2D eigenvalue weighted by Crippen LogP contribution is 2.20. The summed E-state index contributed by atoms with van der Waals surface area (Å²) >= 11 is 0. The topological polar surface area (TPSA) is 91.8 Å². The van der Waals surface area contributed by atoms with Gasteiger partial charge in [0, 0.05) is 33.2 Å². The number of rotatable bonds is 10. The van der Waals surface area contributed by atoms with Crippen molar-refractivity contribution in [1.82, 2.24) is 14.7 Å². The number of nitrogens with zero attached hydrogens (tertiary/aromatic N) is 3. The Morgan fingerprint density at radius 2 is 1.72 bits per heavy atom. The molecule has 0 aromatic heterocycles. The van der Waals surface area contributed by atoms with E-state index in [0.29, 0.717) is 45.8 Å². The molecule has 4 rings (SSSR count). The lowest BCUT2D eigenvalue weighted by atomic mass is 10.1. The maximum atomic E-state index is 11.9. The van der Waals surface area contributed by atoms with Crippen LogP contribution in [0, 0.1) is 6.92 Å². The Kier molecular flexibility index (Phi) is 8.45. The third-order valence-electron chi connectivity index (χ3n) is 6.32. The fraction of sp³-hybridized carbons (Fsp3) is 0.481. The summed E-state index contributed by atoms with van der Waals surface area (Å²) in [7, 11) is 1.62. The normalized spacial score (nSPS) is 21.1. The minimum absolute atomic E-state index is 0.140. The van der Waals surface area contributed by atoms with E-state index in [4.69, 9.17) is 14.2 Å². The molecular formula is C27H35N3O6. The molecule has 0 spiro atoms. The second-order valence-corrected chi connectivity index (χ2v) is 9.62. The molecule has 36 heavy (non-hydrogen) atoms. The van der Waals surface area contributed by atoms with Gasteiger partial charge in [0.15, 0.2) is 0 Å². The van der Waals surface area contributed by atoms with Gasteiger partial charge in [-0.15, -0.1) is 0 Å². The zero-order valence-electron chi connectivity index (χ0n) is 21.0. The standard InChI is InChI=1S/C27H35N3O6/c1-21-4-8-24(9-5-21)36-20-27(33)18-29(13-15-34-19-27)16-22-6-10-23(11-7-22)35-14-3-12-30-25(31)17-28(2)26(30)32/h4-11,33H,3,12-20H2,1-2H3/t27-/m0/s1. The number of likely N-dealkylation sites (N-methyl/N-ethyl adjacent to an activating group) is 1. The number of benzene rings is 2. The highest BCUT2D eigenvalue weighted by atomic mass is 16.5. The van der Waals surface area contributed by atoms with Crippen LogP contribution in [0.25, 0.3) is 0 Å². The molecule has 1 atom stereocenters. The number of aryl methyl sites for hydroxylation is 1. The molecule has 1 N–H and O–H groups in total. The van der Waals surface area contributed by atoms with Crippen molar-refractivity contribution < 1.29 is 28.9 Å². The minimum Gasteiger partial charge on any atom is -0.494 e. The van der Waals surface area contributed by atoms with Gasteiger partial charge in [-0.25, -0.2) is 4.79 Å². The summed E-state index contributed by atoms with van der Waals surface area (Å²) in [5, 5.41) is 11.1. The number of ether oxygens (including phenoxy) is 3. The van der Waals surface area contributed by atoms with Gasteiger partial charge in [0.05, 0.1) is 19.8 Å². The predicted molar refractivity (Wildman–Crippen MR) is 134 cm³/mol. The fourth-order valence-corrected chi connectivity index (χ4v) is 4.32. The largest absolute Gasteiger partial charge is 0.494 e. The maximum Gasteiger partial charge on any atom is 0.326 e. The van der Waals surface area contributed by atoms with Gasteiger partial charge < -0.3 is 24.2 Å². The first-order chi connectivity index (χ1) is 17.3. The molecule has 0 unspecified atom stereocenters. The Labute approximate surface area is 212 Å². The van der Waals surface area contributed by atoms with Gasteiger partial charge >= 0.3 is 6.03 Å². The third kappa shape index (κ3) is 6.96. The van der Waals surface area contributed by atoms with Crippen molar-refractivity contribution in [3.63, 3.8) is 0 Å². The minimum atomic E-state index is -1.10. The van der Waals surface area contributed by atoms with E-state index in [1.807, 2.05) is 55.5 Å². The molecule has 0 aliphatic carbocycles. The fourth-order valence-electron chi connectivity index (χ4n) is 4.32. The van der Waals surface area contributed by atoms with Crippen molar-refractivity contribution in [3.8, 4) is 11.5 Å². The van der Waals surface area contributed by atoms with E-state index in [0.717, 1.165) is 22.6 Å². The molecule has 194 valence electrons. The highest BCUT2D eigenvalue weighted by Gasteiger charge is 2.34. The lowest BCUT2D eigenvalue weighted by Gasteiger charge is -2.30. The van der Waals surface area contributed by atoms with E-state index in [1.54, 1.807) is 7.05 Å². The average Bonchev–Trinajstić information content (AvgIpc) is 2.99. The smallest absolute Gasteiger partial charge is 0.326 e. The molecule has 9 nitrogen and oxygen atoms in total. The van der Waals surface area contributed by atoms with Crippen LogP contribution in [0.5, 0.6) is 11.5 Å². The molecule has 2 aromatic rings. The number of imide groups is 1. The van der Waals surface area contributed by atoms with Crippen LogP contribution in [-0.4, -0.2) is 97.0 Å². The molecular weight excluding hydrogens is 462 g/mol. The Hall–Kier alpha value is -3.14. The number of carbonyl (C=O) groups excluding carboxylic acids is 2. The van der Waals surface area contributed by atoms with Crippen LogP contribution in [0.4, 0.5) is 4.79 Å². The van der Waals surface area contributed by atoms with Crippen molar-refractivity contribution in [2.24, 2.45) is 0 Å². The lowest BCUT2D eigenvalue weighted by molar-refractivity contribution is -0.125. The second-order valence-electron chi connectivity index (χ2n) is 9.62. The van der Waals surface area contributed by atoms with E-state index in [-0.39, 0.29) is 31.7 Å². The van der Waals surface area contributed by atoms with Gasteiger partial charge in [0.1, 0.15) is 30.3 Å². The maximum absolute atomic E-state index is 11.9. The average molecular weight is 498 g/mol. The Bertz CT molecular complexity index is 1030. The SMILES string of the molecule is Cc1ccc(OC[C@@]2(O)COCCN(Cc3ccc(OCCCN4C(=O)CN(C)C4=O)cc3)C2)cc1. The van der Waals surface area contributed by atoms with Gasteiger partial charge in [-0.1, -0.05) is 29.8 Å². The molecule has 0 bridgehead atoms. The van der Waals surface area contributed by atoms with Crippen LogP contribution in [-0.2, 0) is 16.1 Å². The van der Waals surface area contributed by atoms with Crippen LogP contribution in [0.2, 0.25) is 0 Å². The zero-order valence-corrected chi connectivity index (χ0v) is 21.0. The monoisotopic (exact) mass is 497 g/mol. The van der Waals surface area contributed by atoms with Crippen molar-refractivity contribution in [1.29, 1.82) is 0 Å². The van der Waals surface area contributed by atoms with Gasteiger partial charge in [-0.05, 0) is 43.2 Å². The van der Waals surface area contributed by atoms with E-state index in [2.05, 4.69) is 4.90 Å². The lowest BCUT2D eigenvalue weighted by Crippen LogP contribution is -2.48. The molecule has 0 saturated carbocycles. The molecule has 9 heteroatoms. The summed E-state index contributed by atoms with van der Waals surface area (Å²) in [6, 6.07) is 15.4. The molecule has 0 radical (unpaired) electrons. The number of hydrogen-bond acceptors (Lipinski definition) is 7. The van der Waals surface area contributed by atoms with Crippen molar-refractivity contribution >= 4 is 11.9 Å². The molecule has 2 saturated heterocycles. The van der Waals surface area contributed by atoms with Crippen molar-refractivity contribution in [3.05, 3.63) is 59.7 Å². The first kappa shape index (κ1) is 25.9. The van der Waals surface area contributed by atoms with E-state index >= 15 is 0 Å². The van der Waals surface area contributed by atoms with Gasteiger partial charge in [0.25, 0.3) is 0 Å². The molecule has 2 aromatic carbocycles. The summed E-state index contributed by atoms with van der Waals surface area (Å²) in [6.07, 6.45) is 0.574. The number of amides is 3. The Morgan fingerprint density at radius 3 is 2.42 bits per heavy atom. The summed E-state index contributed by atoms with van der Waals surface area (Å²) < 4.78 is 17.3. The molecule has 2 aliphatic rings. The number of carbonyl (C=O) groups is 2. The van der Waals surface area contributed by atoms with E-state index in [9.17, 15) is 14.7 Å². The van der Waals surface area contributed by atoms with Crippen LogP contribution in [0.1, 0.15) is 17.5 Å². The van der Waals surface area contributed by atoms with E-state index in [1.165, 1.54) is 9.80 Å². The molecule has 2 aliphatic heterocycles. The Morgan fingerprint density at radius 1 is 1.03 bits per heavy atom. The summed E-state index contributed by atoms with van der Waals surface area (Å²) in [4.78, 5) is 28.6. The van der Waals surface area contributed by atoms with Crippen LogP contribution in [0.3, 0.4) is 0 Å². The molecule has 2 fully saturated rings. The van der Waals surface area contributed by atoms with Crippen LogP contribution in [0.15, 0.2) is 48.5 Å². The predicted octanol–water partition coefficient (Wildman–Crippen LogP) is 2.30. The first-order valence-electron chi connectivity index (χ1n) is 12.3. The van der Waals surface area contributed by atoms with Gasteiger partial charge in [-0.2, -0.15) is 0 Å². The summed E-state index contributed by atoms with van der Waals surface area (Å²) in [5.74, 6) is 1.29. The van der Waals surface area contributed by atoms with Crippen molar-refractivity contribution in [2.45, 2.75) is 25.5 Å². The van der Waals surface area contributed by atoms with Crippen molar-refractivity contribution in [2.75, 3.05) is 59.7 Å². The number of β-amino-alcohol motifs (C(OH)–C–C–N with tert-alkyl or cyclic N) is 1. The number of aliphatic hydroxyl groups is 1. The quantitative estimate of drug-likeness (QED) is 0.398.